The number of nitrogens with one attached hydrogen (secondary N) is 1. The molecule has 2 aliphatic rings. The summed E-state index contributed by atoms with van der Waals surface area (Å²) in [6, 6.07) is 0.812. The zero-order chi connectivity index (χ0) is 11.2. The molecule has 2 nitrogen and oxygen atoms in total. The molecule has 1 aromatic heterocycles. The molecule has 3 rings (SSSR count). The van der Waals surface area contributed by atoms with Crippen molar-refractivity contribution in [2.75, 3.05) is 0 Å². The van der Waals surface area contributed by atoms with E-state index in [1.165, 1.54) is 0 Å². The van der Waals surface area contributed by atoms with Gasteiger partial charge in [-0.15, -0.1) is 11.3 Å². The molecular weight excluding hydrogens is 223 g/mol. The molecule has 2 atom stereocenters. The number of alkyl halides is 1. The Labute approximate surface area is 99.3 Å². The first-order valence-corrected chi connectivity index (χ1v) is 6.87. The Balaban J connectivity index is 1.74. The number of aryl methyl sites for hydroxylation is 1. The van der Waals surface area contributed by atoms with Crippen LogP contribution in [0.25, 0.3) is 0 Å². The van der Waals surface area contributed by atoms with E-state index in [0.717, 1.165) is 23.5 Å². The second-order valence-corrected chi connectivity index (χ2v) is 6.29. The lowest BCUT2D eigenvalue weighted by Gasteiger charge is -2.34. The van der Waals surface area contributed by atoms with Crippen LogP contribution in [-0.4, -0.2) is 22.7 Å². The van der Waals surface area contributed by atoms with Gasteiger partial charge < -0.3 is 5.32 Å². The standard InChI is InChI=1S/C12H17FN2S/c1-8-14-11(7-16-8)6-12(13)4-9-2-3-10(5-12)15-9/h7,9-10,15H,2-6H2,1H3. The van der Waals surface area contributed by atoms with Gasteiger partial charge in [0.25, 0.3) is 0 Å². The van der Waals surface area contributed by atoms with Gasteiger partial charge >= 0.3 is 0 Å². The summed E-state index contributed by atoms with van der Waals surface area (Å²) in [6.45, 7) is 1.98. The van der Waals surface area contributed by atoms with Crippen molar-refractivity contribution < 1.29 is 4.39 Å². The van der Waals surface area contributed by atoms with Gasteiger partial charge in [-0.05, 0) is 32.6 Å². The van der Waals surface area contributed by atoms with E-state index in [2.05, 4.69) is 10.3 Å². The molecule has 2 unspecified atom stereocenters. The summed E-state index contributed by atoms with van der Waals surface area (Å²) >= 11 is 1.62. The molecular formula is C12H17FN2S. The largest absolute Gasteiger partial charge is 0.311 e. The van der Waals surface area contributed by atoms with Gasteiger partial charge in [-0.25, -0.2) is 9.37 Å². The minimum absolute atomic E-state index is 0.406. The number of nitrogens with zero attached hydrogens (tertiary/aromatic N) is 1. The summed E-state index contributed by atoms with van der Waals surface area (Å²) in [5.74, 6) is 0. The van der Waals surface area contributed by atoms with Gasteiger partial charge in [-0.2, -0.15) is 0 Å². The van der Waals surface area contributed by atoms with Crippen LogP contribution in [0.3, 0.4) is 0 Å². The Hall–Kier alpha value is -0.480. The van der Waals surface area contributed by atoms with Gasteiger partial charge in [0.05, 0.1) is 10.7 Å². The fraction of sp³-hybridized carbons (Fsp3) is 0.750. The molecule has 0 amide bonds. The number of hydrogen-bond acceptors (Lipinski definition) is 3. The minimum atomic E-state index is -1.02. The minimum Gasteiger partial charge on any atom is -0.311 e. The second-order valence-electron chi connectivity index (χ2n) is 5.23. The molecule has 1 aromatic rings. The first-order chi connectivity index (χ1) is 7.63. The molecule has 2 fully saturated rings. The molecule has 0 aliphatic carbocycles. The van der Waals surface area contributed by atoms with Crippen LogP contribution in [0.2, 0.25) is 0 Å². The third kappa shape index (κ3) is 2.00. The molecule has 0 spiro atoms. The Morgan fingerprint density at radius 1 is 1.50 bits per heavy atom. The molecule has 4 heteroatoms. The van der Waals surface area contributed by atoms with Crippen molar-refractivity contribution >= 4 is 11.3 Å². The SMILES string of the molecule is Cc1nc(CC2(F)CC3CCC(C2)N3)cs1. The average molecular weight is 240 g/mol. The summed E-state index contributed by atoms with van der Waals surface area (Å²) in [5, 5.41) is 6.52. The first-order valence-electron chi connectivity index (χ1n) is 5.99. The van der Waals surface area contributed by atoms with Crippen LogP contribution < -0.4 is 5.32 Å². The molecule has 88 valence electrons. The third-order valence-corrected chi connectivity index (χ3v) is 4.55. The Bertz CT molecular complexity index is 378. The van der Waals surface area contributed by atoms with E-state index in [0.29, 0.717) is 31.3 Å². The highest BCUT2D eigenvalue weighted by Gasteiger charge is 2.44. The van der Waals surface area contributed by atoms with Gasteiger partial charge in [-0.1, -0.05) is 0 Å². The van der Waals surface area contributed by atoms with Crippen LogP contribution in [0.4, 0.5) is 4.39 Å². The van der Waals surface area contributed by atoms with Crippen molar-refractivity contribution in [2.45, 2.75) is 56.8 Å². The molecule has 0 aromatic carbocycles. The number of aromatic nitrogens is 1. The fourth-order valence-electron chi connectivity index (χ4n) is 3.15. The molecule has 0 saturated carbocycles. The van der Waals surface area contributed by atoms with E-state index >= 15 is 0 Å². The van der Waals surface area contributed by atoms with Crippen molar-refractivity contribution in [3.63, 3.8) is 0 Å². The summed E-state index contributed by atoms with van der Waals surface area (Å²) in [4.78, 5) is 4.38. The van der Waals surface area contributed by atoms with Crippen LogP contribution in [0.5, 0.6) is 0 Å². The molecule has 2 bridgehead atoms. The lowest BCUT2D eigenvalue weighted by Crippen LogP contribution is -2.47. The highest BCUT2D eigenvalue weighted by molar-refractivity contribution is 7.09. The third-order valence-electron chi connectivity index (χ3n) is 3.72. The number of halogens is 1. The lowest BCUT2D eigenvalue weighted by atomic mass is 9.85. The zero-order valence-corrected chi connectivity index (χ0v) is 10.3. The van der Waals surface area contributed by atoms with E-state index in [1.807, 2.05) is 12.3 Å². The summed E-state index contributed by atoms with van der Waals surface area (Å²) in [6.07, 6.45) is 4.13. The average Bonchev–Trinajstić information content (AvgIpc) is 2.73. The van der Waals surface area contributed by atoms with Crippen molar-refractivity contribution in [3.8, 4) is 0 Å². The quantitative estimate of drug-likeness (QED) is 0.859. The van der Waals surface area contributed by atoms with Crippen LogP contribution in [0.15, 0.2) is 5.38 Å². The molecule has 3 heterocycles. The number of fused-ring (bicyclic) bond motifs is 2. The van der Waals surface area contributed by atoms with Crippen LogP contribution >= 0.6 is 11.3 Å². The fourth-order valence-corrected chi connectivity index (χ4v) is 3.76. The monoisotopic (exact) mass is 240 g/mol. The Morgan fingerprint density at radius 2 is 2.19 bits per heavy atom. The summed E-state index contributed by atoms with van der Waals surface area (Å²) in [7, 11) is 0. The molecule has 16 heavy (non-hydrogen) atoms. The molecule has 2 aliphatic heterocycles. The Kier molecular flexibility index (Phi) is 2.51. The maximum Gasteiger partial charge on any atom is 0.119 e. The van der Waals surface area contributed by atoms with E-state index < -0.39 is 5.67 Å². The van der Waals surface area contributed by atoms with Crippen LogP contribution in [-0.2, 0) is 6.42 Å². The van der Waals surface area contributed by atoms with Crippen LogP contribution in [0, 0.1) is 6.92 Å². The summed E-state index contributed by atoms with van der Waals surface area (Å²) in [5.41, 5.74) is -0.0799. The van der Waals surface area contributed by atoms with Crippen molar-refractivity contribution in [2.24, 2.45) is 0 Å². The van der Waals surface area contributed by atoms with Crippen LogP contribution in [0.1, 0.15) is 36.4 Å². The maximum absolute atomic E-state index is 14.7. The van der Waals surface area contributed by atoms with Gasteiger partial charge in [0.2, 0.25) is 0 Å². The normalized spacial score (nSPS) is 37.9. The number of rotatable bonds is 2. The molecule has 2 saturated heterocycles. The summed E-state index contributed by atoms with van der Waals surface area (Å²) < 4.78 is 14.7. The zero-order valence-electron chi connectivity index (χ0n) is 9.50. The van der Waals surface area contributed by atoms with Crippen molar-refractivity contribution in [1.82, 2.24) is 10.3 Å². The molecule has 1 N–H and O–H groups in total. The number of piperidine rings is 1. The van der Waals surface area contributed by atoms with E-state index in [-0.39, 0.29) is 0 Å². The second kappa shape index (κ2) is 3.77. The van der Waals surface area contributed by atoms with E-state index in [1.54, 1.807) is 11.3 Å². The predicted molar refractivity (Wildman–Crippen MR) is 63.6 cm³/mol. The highest BCUT2D eigenvalue weighted by atomic mass is 32.1. The number of thiazole rings is 1. The predicted octanol–water partition coefficient (Wildman–Crippen LogP) is 2.62. The van der Waals surface area contributed by atoms with E-state index in [4.69, 9.17) is 0 Å². The highest BCUT2D eigenvalue weighted by Crippen LogP contribution is 2.38. The van der Waals surface area contributed by atoms with Crippen molar-refractivity contribution in [3.05, 3.63) is 16.1 Å². The van der Waals surface area contributed by atoms with Gasteiger partial charge in [0.1, 0.15) is 5.67 Å². The van der Waals surface area contributed by atoms with Gasteiger partial charge in [0.15, 0.2) is 0 Å². The maximum atomic E-state index is 14.7. The topological polar surface area (TPSA) is 24.9 Å². The van der Waals surface area contributed by atoms with Gasteiger partial charge in [-0.3, -0.25) is 0 Å². The first kappa shape index (κ1) is 10.7. The van der Waals surface area contributed by atoms with Gasteiger partial charge in [0, 0.05) is 23.9 Å². The lowest BCUT2D eigenvalue weighted by molar-refractivity contribution is 0.0884. The smallest absolute Gasteiger partial charge is 0.119 e. The molecule has 0 radical (unpaired) electrons. The Morgan fingerprint density at radius 3 is 2.75 bits per heavy atom. The van der Waals surface area contributed by atoms with E-state index in [9.17, 15) is 4.39 Å². The van der Waals surface area contributed by atoms with Crippen molar-refractivity contribution in [1.29, 1.82) is 0 Å². The number of hydrogen-bond donors (Lipinski definition) is 1.